The molecule has 3 heteroatoms. The third-order valence-electron chi connectivity index (χ3n) is 5.70. The topological polar surface area (TPSA) is 37.8 Å². The fourth-order valence-electron chi connectivity index (χ4n) is 4.67. The van der Waals surface area contributed by atoms with Crippen LogP contribution in [0.1, 0.15) is 49.1 Å². The van der Waals surface area contributed by atoms with E-state index in [0.29, 0.717) is 11.5 Å². The third kappa shape index (κ3) is 1.83. The second-order valence-electron chi connectivity index (χ2n) is 6.76. The van der Waals surface area contributed by atoms with Crippen LogP contribution in [0.2, 0.25) is 0 Å². The van der Waals surface area contributed by atoms with Crippen molar-refractivity contribution in [3.63, 3.8) is 0 Å². The van der Waals surface area contributed by atoms with Crippen molar-refractivity contribution in [2.24, 2.45) is 0 Å². The number of aromatic nitrogens is 2. The Morgan fingerprint density at radius 3 is 2.86 bits per heavy atom. The van der Waals surface area contributed by atoms with Crippen LogP contribution in [0.15, 0.2) is 18.2 Å². The molecule has 0 radical (unpaired) electrons. The van der Waals surface area contributed by atoms with Crippen LogP contribution in [0.5, 0.6) is 0 Å². The number of nitrogens with zero attached hydrogens (tertiary/aromatic N) is 2. The van der Waals surface area contributed by atoms with Gasteiger partial charge in [-0.1, -0.05) is 31.0 Å². The summed E-state index contributed by atoms with van der Waals surface area (Å²) in [4.78, 5) is 0. The van der Waals surface area contributed by atoms with E-state index in [1.807, 2.05) is 0 Å². The van der Waals surface area contributed by atoms with Gasteiger partial charge in [0.2, 0.25) is 0 Å². The van der Waals surface area contributed by atoms with Crippen molar-refractivity contribution in [1.82, 2.24) is 15.5 Å². The van der Waals surface area contributed by atoms with Gasteiger partial charge in [-0.2, -0.15) is 10.2 Å². The molecule has 1 aliphatic carbocycles. The second-order valence-corrected chi connectivity index (χ2v) is 6.76. The molecule has 0 spiro atoms. The van der Waals surface area contributed by atoms with E-state index in [-0.39, 0.29) is 0 Å². The Morgan fingerprint density at radius 2 is 1.95 bits per heavy atom. The fourth-order valence-corrected chi connectivity index (χ4v) is 4.67. The van der Waals surface area contributed by atoms with Gasteiger partial charge in [0, 0.05) is 22.2 Å². The number of aryl methyl sites for hydroxylation is 2. The molecule has 0 amide bonds. The maximum Gasteiger partial charge on any atom is 0.0681 e. The molecule has 1 aliphatic heterocycles. The quantitative estimate of drug-likeness (QED) is 0.870. The molecule has 1 saturated carbocycles. The Morgan fingerprint density at radius 1 is 1.10 bits per heavy atom. The maximum absolute atomic E-state index is 4.40. The van der Waals surface area contributed by atoms with Crippen LogP contribution in [0.3, 0.4) is 0 Å². The zero-order chi connectivity index (χ0) is 14.4. The van der Waals surface area contributed by atoms with Crippen molar-refractivity contribution in [3.8, 4) is 0 Å². The normalized spacial score (nSPS) is 28.8. The van der Waals surface area contributed by atoms with Crippen LogP contribution in [-0.4, -0.2) is 22.8 Å². The van der Waals surface area contributed by atoms with E-state index in [1.54, 1.807) is 0 Å². The largest absolute Gasteiger partial charge is 0.313 e. The smallest absolute Gasteiger partial charge is 0.0681 e. The average molecular weight is 281 g/mol. The number of hydrogen-bond donors (Lipinski definition) is 1. The van der Waals surface area contributed by atoms with E-state index < -0.39 is 0 Å². The lowest BCUT2D eigenvalue weighted by Crippen LogP contribution is -2.43. The van der Waals surface area contributed by atoms with Gasteiger partial charge in [-0.3, -0.25) is 0 Å². The minimum Gasteiger partial charge on any atom is -0.313 e. The van der Waals surface area contributed by atoms with Crippen LogP contribution in [0.4, 0.5) is 0 Å². The van der Waals surface area contributed by atoms with Gasteiger partial charge in [0.25, 0.3) is 0 Å². The van der Waals surface area contributed by atoms with Crippen molar-refractivity contribution >= 4 is 10.8 Å². The lowest BCUT2D eigenvalue weighted by molar-refractivity contribution is 0.269. The summed E-state index contributed by atoms with van der Waals surface area (Å²) in [5.74, 6) is 0. The molecule has 1 N–H and O–H groups in total. The van der Waals surface area contributed by atoms with E-state index in [1.165, 1.54) is 48.4 Å². The van der Waals surface area contributed by atoms with Crippen molar-refractivity contribution in [2.75, 3.05) is 6.54 Å². The van der Waals surface area contributed by atoms with E-state index in [9.17, 15) is 0 Å². The zero-order valence-corrected chi connectivity index (χ0v) is 12.9. The fraction of sp³-hybridized carbons (Fsp3) is 0.556. The summed E-state index contributed by atoms with van der Waals surface area (Å²) in [7, 11) is 0. The number of benzene rings is 1. The van der Waals surface area contributed by atoms with Crippen molar-refractivity contribution in [2.45, 2.75) is 57.4 Å². The van der Waals surface area contributed by atoms with Gasteiger partial charge >= 0.3 is 0 Å². The summed E-state index contributed by atoms with van der Waals surface area (Å²) >= 11 is 0. The zero-order valence-electron chi connectivity index (χ0n) is 12.9. The van der Waals surface area contributed by atoms with Crippen LogP contribution < -0.4 is 5.32 Å². The molecule has 4 rings (SSSR count). The van der Waals surface area contributed by atoms with Gasteiger partial charge in [0.05, 0.1) is 11.4 Å². The van der Waals surface area contributed by atoms with E-state index in [4.69, 9.17) is 0 Å². The molecular formula is C18H23N3. The first-order valence-corrected chi connectivity index (χ1v) is 8.19. The van der Waals surface area contributed by atoms with Gasteiger partial charge in [-0.25, -0.2) is 0 Å². The molecule has 3 nitrogen and oxygen atoms in total. The van der Waals surface area contributed by atoms with Crippen molar-refractivity contribution < 1.29 is 0 Å². The summed E-state index contributed by atoms with van der Waals surface area (Å²) < 4.78 is 0. The highest BCUT2D eigenvalue weighted by molar-refractivity contribution is 5.90. The van der Waals surface area contributed by atoms with Gasteiger partial charge in [-0.05, 0) is 45.2 Å². The van der Waals surface area contributed by atoms with Crippen LogP contribution in [-0.2, 0) is 5.41 Å². The highest BCUT2D eigenvalue weighted by Gasteiger charge is 2.46. The van der Waals surface area contributed by atoms with E-state index in [0.717, 1.165) is 17.9 Å². The van der Waals surface area contributed by atoms with Gasteiger partial charge < -0.3 is 5.32 Å². The van der Waals surface area contributed by atoms with Gasteiger partial charge in [-0.15, -0.1) is 0 Å². The molecular weight excluding hydrogens is 258 g/mol. The molecule has 1 aromatic heterocycles. The first-order valence-electron chi connectivity index (χ1n) is 8.19. The second kappa shape index (κ2) is 4.77. The predicted octanol–water partition coefficient (Wildman–Crippen LogP) is 3.42. The molecule has 0 bridgehead atoms. The Balaban J connectivity index is 2.00. The Bertz CT molecular complexity index is 694. The van der Waals surface area contributed by atoms with E-state index in [2.05, 4.69) is 47.6 Å². The highest BCUT2D eigenvalue weighted by atomic mass is 15.1. The minimum atomic E-state index is 0.317. The highest BCUT2D eigenvalue weighted by Crippen LogP contribution is 2.47. The Labute approximate surface area is 126 Å². The molecule has 2 heterocycles. The minimum absolute atomic E-state index is 0.317. The molecule has 2 atom stereocenters. The molecule has 1 aromatic carbocycles. The molecule has 2 aliphatic rings. The number of fused-ring (bicyclic) bond motifs is 2. The molecule has 2 aromatic rings. The Kier molecular flexibility index (Phi) is 3.00. The molecule has 110 valence electrons. The van der Waals surface area contributed by atoms with Gasteiger partial charge in [0.1, 0.15) is 0 Å². The van der Waals surface area contributed by atoms with E-state index >= 15 is 0 Å². The summed E-state index contributed by atoms with van der Waals surface area (Å²) in [5, 5.41) is 15.1. The van der Waals surface area contributed by atoms with Crippen molar-refractivity contribution in [1.29, 1.82) is 0 Å². The summed E-state index contributed by atoms with van der Waals surface area (Å²) in [6.45, 7) is 5.33. The summed E-state index contributed by atoms with van der Waals surface area (Å²) in [5.41, 5.74) is 3.96. The standard InChI is InChI=1S/C18H23N3/c1-12-14-6-5-7-15(17(14)13(2)21-20-12)18-9-4-3-8-16(18)19-11-10-18/h5-7,16,19H,3-4,8-11H2,1-2H3. The SMILES string of the molecule is Cc1nnc(C)c2c(C34CCCCC3NCC4)cccc12. The predicted molar refractivity (Wildman–Crippen MR) is 85.6 cm³/mol. The number of nitrogens with one attached hydrogen (secondary N) is 1. The number of hydrogen-bond acceptors (Lipinski definition) is 3. The van der Waals surface area contributed by atoms with Crippen LogP contribution in [0, 0.1) is 13.8 Å². The van der Waals surface area contributed by atoms with Crippen LogP contribution >= 0.6 is 0 Å². The maximum atomic E-state index is 4.40. The first kappa shape index (κ1) is 13.2. The number of rotatable bonds is 1. The van der Waals surface area contributed by atoms with Gasteiger partial charge in [0.15, 0.2) is 0 Å². The molecule has 2 fully saturated rings. The lowest BCUT2D eigenvalue weighted by atomic mass is 9.65. The first-order chi connectivity index (χ1) is 10.2. The monoisotopic (exact) mass is 281 g/mol. The molecule has 21 heavy (non-hydrogen) atoms. The summed E-state index contributed by atoms with van der Waals surface area (Å²) in [6.07, 6.45) is 6.60. The summed E-state index contributed by atoms with van der Waals surface area (Å²) in [6, 6.07) is 7.41. The molecule has 2 unspecified atom stereocenters. The van der Waals surface area contributed by atoms with Crippen molar-refractivity contribution in [3.05, 3.63) is 35.2 Å². The average Bonchev–Trinajstić information content (AvgIpc) is 2.95. The van der Waals surface area contributed by atoms with Crippen LogP contribution in [0.25, 0.3) is 10.8 Å². The lowest BCUT2D eigenvalue weighted by Gasteiger charge is -2.40. The Hall–Kier alpha value is -1.48. The molecule has 1 saturated heterocycles. The third-order valence-corrected chi connectivity index (χ3v) is 5.70.